The van der Waals surface area contributed by atoms with Crippen LogP contribution < -0.4 is 0 Å². The summed E-state index contributed by atoms with van der Waals surface area (Å²) in [5, 5.41) is 0. The minimum absolute atomic E-state index is 0.302. The van der Waals surface area contributed by atoms with Crippen molar-refractivity contribution in [1.29, 1.82) is 0 Å². The van der Waals surface area contributed by atoms with E-state index >= 15 is 0 Å². The van der Waals surface area contributed by atoms with Gasteiger partial charge >= 0.3 is 0 Å². The van der Waals surface area contributed by atoms with Crippen molar-refractivity contribution in [3.8, 4) is 11.3 Å². The molecule has 0 aliphatic carbocycles. The lowest BCUT2D eigenvalue weighted by Crippen LogP contribution is -1.84. The highest BCUT2D eigenvalue weighted by molar-refractivity contribution is 14.1. The highest BCUT2D eigenvalue weighted by Crippen LogP contribution is 2.21. The van der Waals surface area contributed by atoms with Crippen molar-refractivity contribution in [2.24, 2.45) is 0 Å². The molecule has 2 nitrogen and oxygen atoms in total. The van der Waals surface area contributed by atoms with Crippen LogP contribution in [0.3, 0.4) is 0 Å². The van der Waals surface area contributed by atoms with E-state index in [-0.39, 0.29) is 5.82 Å². The van der Waals surface area contributed by atoms with Crippen LogP contribution in [0.5, 0.6) is 0 Å². The second kappa shape index (κ2) is 4.10. The molecule has 0 saturated carbocycles. The molecule has 3 aromatic rings. The van der Waals surface area contributed by atoms with Crippen molar-refractivity contribution in [2.45, 2.75) is 0 Å². The van der Waals surface area contributed by atoms with Gasteiger partial charge in [-0.15, -0.1) is 0 Å². The number of nitrogens with zero attached hydrogens (tertiary/aromatic N) is 2. The van der Waals surface area contributed by atoms with Crippen LogP contribution in [0.2, 0.25) is 0 Å². The number of benzene rings is 1. The van der Waals surface area contributed by atoms with Gasteiger partial charge in [0, 0.05) is 21.5 Å². The van der Waals surface area contributed by atoms with E-state index in [1.807, 2.05) is 30.5 Å². The zero-order valence-electron chi connectivity index (χ0n) is 8.77. The van der Waals surface area contributed by atoms with E-state index in [1.165, 1.54) is 9.64 Å². The molecule has 0 saturated heterocycles. The van der Waals surface area contributed by atoms with Crippen LogP contribution in [0.15, 0.2) is 48.8 Å². The third-order valence-electron chi connectivity index (χ3n) is 2.58. The number of pyridine rings is 1. The first-order valence-electron chi connectivity index (χ1n) is 5.13. The van der Waals surface area contributed by atoms with Gasteiger partial charge in [-0.2, -0.15) is 0 Å². The quantitative estimate of drug-likeness (QED) is 0.618. The summed E-state index contributed by atoms with van der Waals surface area (Å²) < 4.78 is 16.4. The summed E-state index contributed by atoms with van der Waals surface area (Å²) in [6, 6.07) is 11.1. The maximum atomic E-state index is 13.5. The fourth-order valence-electron chi connectivity index (χ4n) is 1.74. The van der Waals surface area contributed by atoms with Crippen LogP contribution in [0, 0.1) is 9.39 Å². The number of fused-ring (bicyclic) bond motifs is 1. The molecule has 0 amide bonds. The van der Waals surface area contributed by atoms with Crippen LogP contribution in [0.1, 0.15) is 0 Å². The van der Waals surface area contributed by atoms with Crippen LogP contribution in [-0.4, -0.2) is 9.38 Å². The lowest BCUT2D eigenvalue weighted by molar-refractivity contribution is 0.630. The number of halogens is 2. The molecular weight excluding hydrogens is 330 g/mol. The maximum Gasteiger partial charge on any atom is 0.173 e. The standard InChI is InChI=1S/C13H8FIN2/c14-11-2-1-7-17-8-12(16-13(11)17)9-3-5-10(15)6-4-9/h1-8H. The minimum atomic E-state index is -0.302. The molecule has 0 aliphatic rings. The Bertz CT molecular complexity index is 673. The van der Waals surface area contributed by atoms with Crippen LogP contribution in [0.25, 0.3) is 16.9 Å². The first kappa shape index (κ1) is 10.7. The molecule has 0 radical (unpaired) electrons. The Morgan fingerprint density at radius 2 is 1.88 bits per heavy atom. The van der Waals surface area contributed by atoms with Crippen molar-refractivity contribution in [2.75, 3.05) is 0 Å². The average Bonchev–Trinajstić information content (AvgIpc) is 2.75. The molecule has 17 heavy (non-hydrogen) atoms. The van der Waals surface area contributed by atoms with Gasteiger partial charge in [0.1, 0.15) is 0 Å². The van der Waals surface area contributed by atoms with Gasteiger partial charge in [0.15, 0.2) is 11.5 Å². The third kappa shape index (κ3) is 1.93. The monoisotopic (exact) mass is 338 g/mol. The molecular formula is C13H8FIN2. The van der Waals surface area contributed by atoms with Crippen molar-refractivity contribution < 1.29 is 4.39 Å². The average molecular weight is 338 g/mol. The second-order valence-electron chi connectivity index (χ2n) is 3.72. The zero-order valence-corrected chi connectivity index (χ0v) is 10.9. The number of imidazole rings is 1. The van der Waals surface area contributed by atoms with Gasteiger partial charge in [-0.05, 0) is 46.9 Å². The van der Waals surface area contributed by atoms with Gasteiger partial charge in [0.2, 0.25) is 0 Å². The Kier molecular flexibility index (Phi) is 2.58. The SMILES string of the molecule is Fc1cccn2cc(-c3ccc(I)cc3)nc12. The number of rotatable bonds is 1. The lowest BCUT2D eigenvalue weighted by Gasteiger charge is -1.95. The number of hydrogen-bond donors (Lipinski definition) is 0. The Morgan fingerprint density at radius 3 is 2.59 bits per heavy atom. The molecule has 2 aromatic heterocycles. The normalized spacial score (nSPS) is 10.9. The molecule has 0 bridgehead atoms. The van der Waals surface area contributed by atoms with Crippen LogP contribution in [-0.2, 0) is 0 Å². The Balaban J connectivity index is 2.18. The van der Waals surface area contributed by atoms with E-state index in [0.717, 1.165) is 11.3 Å². The molecule has 0 N–H and O–H groups in total. The molecule has 0 spiro atoms. The smallest absolute Gasteiger partial charge is 0.173 e. The van der Waals surface area contributed by atoms with Crippen LogP contribution >= 0.6 is 22.6 Å². The minimum Gasteiger partial charge on any atom is -0.304 e. The van der Waals surface area contributed by atoms with Crippen molar-refractivity contribution in [3.05, 3.63) is 58.2 Å². The van der Waals surface area contributed by atoms with Crippen molar-refractivity contribution in [3.63, 3.8) is 0 Å². The fraction of sp³-hybridized carbons (Fsp3) is 0. The van der Waals surface area contributed by atoms with Crippen molar-refractivity contribution >= 4 is 28.2 Å². The number of aromatic nitrogens is 2. The molecule has 2 heterocycles. The Hall–Kier alpha value is -1.43. The third-order valence-corrected chi connectivity index (χ3v) is 3.29. The molecule has 0 unspecified atom stereocenters. The van der Waals surface area contributed by atoms with E-state index in [9.17, 15) is 4.39 Å². The van der Waals surface area contributed by atoms with Gasteiger partial charge in [-0.25, -0.2) is 9.37 Å². The largest absolute Gasteiger partial charge is 0.304 e. The highest BCUT2D eigenvalue weighted by Gasteiger charge is 2.07. The van der Waals surface area contributed by atoms with E-state index in [4.69, 9.17) is 0 Å². The molecule has 0 fully saturated rings. The summed E-state index contributed by atoms with van der Waals surface area (Å²) in [6.07, 6.45) is 3.63. The van der Waals surface area contributed by atoms with E-state index < -0.39 is 0 Å². The van der Waals surface area contributed by atoms with E-state index in [2.05, 4.69) is 27.6 Å². The first-order chi connectivity index (χ1) is 8.24. The second-order valence-corrected chi connectivity index (χ2v) is 4.97. The van der Waals surface area contributed by atoms with Gasteiger partial charge < -0.3 is 4.40 Å². The zero-order chi connectivity index (χ0) is 11.8. The highest BCUT2D eigenvalue weighted by atomic mass is 127. The lowest BCUT2D eigenvalue weighted by atomic mass is 10.2. The maximum absolute atomic E-state index is 13.5. The summed E-state index contributed by atoms with van der Waals surface area (Å²) in [6.45, 7) is 0. The number of hydrogen-bond acceptors (Lipinski definition) is 1. The molecule has 0 atom stereocenters. The molecule has 1 aromatic carbocycles. The summed E-state index contributed by atoms with van der Waals surface area (Å²) in [5.74, 6) is -0.302. The van der Waals surface area contributed by atoms with Gasteiger partial charge in [0.25, 0.3) is 0 Å². The molecule has 0 aliphatic heterocycles. The molecule has 4 heteroatoms. The fourth-order valence-corrected chi connectivity index (χ4v) is 2.10. The van der Waals surface area contributed by atoms with Gasteiger partial charge in [-0.3, -0.25) is 0 Å². The predicted octanol–water partition coefficient (Wildman–Crippen LogP) is 3.75. The first-order valence-corrected chi connectivity index (χ1v) is 6.21. The Labute approximate surface area is 111 Å². The summed E-state index contributed by atoms with van der Waals surface area (Å²) >= 11 is 2.25. The topological polar surface area (TPSA) is 17.3 Å². The predicted molar refractivity (Wildman–Crippen MR) is 73.3 cm³/mol. The van der Waals surface area contributed by atoms with Crippen LogP contribution in [0.4, 0.5) is 4.39 Å². The summed E-state index contributed by atoms with van der Waals surface area (Å²) in [7, 11) is 0. The van der Waals surface area contributed by atoms with Gasteiger partial charge in [0.05, 0.1) is 5.69 Å². The van der Waals surface area contributed by atoms with E-state index in [0.29, 0.717) is 5.65 Å². The summed E-state index contributed by atoms with van der Waals surface area (Å²) in [5.41, 5.74) is 2.14. The molecule has 84 valence electrons. The van der Waals surface area contributed by atoms with E-state index in [1.54, 1.807) is 16.7 Å². The van der Waals surface area contributed by atoms with Crippen molar-refractivity contribution in [1.82, 2.24) is 9.38 Å². The molecule has 3 rings (SSSR count). The Morgan fingerprint density at radius 1 is 1.12 bits per heavy atom. The summed E-state index contributed by atoms with van der Waals surface area (Å²) in [4.78, 5) is 4.30. The van der Waals surface area contributed by atoms with Gasteiger partial charge in [-0.1, -0.05) is 12.1 Å².